The first-order valence-corrected chi connectivity index (χ1v) is 7.56. The van der Waals surface area contributed by atoms with Crippen molar-refractivity contribution in [3.05, 3.63) is 71.4 Å². The molecular weight excluding hydrogens is 274 g/mol. The highest BCUT2D eigenvalue weighted by Gasteiger charge is 2.15. The van der Waals surface area contributed by atoms with Gasteiger partial charge in [0.1, 0.15) is 0 Å². The van der Waals surface area contributed by atoms with Gasteiger partial charge in [0.2, 0.25) is 0 Å². The maximum Gasteiger partial charge on any atom is 0.310 e. The van der Waals surface area contributed by atoms with Crippen LogP contribution in [0.2, 0.25) is 0 Å². The molecule has 0 saturated heterocycles. The fourth-order valence-electron chi connectivity index (χ4n) is 2.76. The highest BCUT2D eigenvalue weighted by atomic mass is 16.5. The van der Waals surface area contributed by atoms with Gasteiger partial charge in [-0.25, -0.2) is 0 Å². The van der Waals surface area contributed by atoms with Gasteiger partial charge in [-0.2, -0.15) is 0 Å². The molecule has 1 heterocycles. The van der Waals surface area contributed by atoms with Crippen LogP contribution >= 0.6 is 0 Å². The average molecular weight is 293 g/mol. The maximum atomic E-state index is 11.9. The Balaban J connectivity index is 1.99. The van der Waals surface area contributed by atoms with E-state index in [9.17, 15) is 4.79 Å². The molecule has 0 aliphatic heterocycles. The molecule has 2 aromatic carbocycles. The van der Waals surface area contributed by atoms with E-state index >= 15 is 0 Å². The first-order chi connectivity index (χ1) is 10.8. The monoisotopic (exact) mass is 293 g/mol. The molecule has 1 N–H and O–H groups in total. The van der Waals surface area contributed by atoms with Crippen molar-refractivity contribution < 1.29 is 9.53 Å². The lowest BCUT2D eigenvalue weighted by molar-refractivity contribution is -0.142. The zero-order valence-electron chi connectivity index (χ0n) is 12.6. The van der Waals surface area contributed by atoms with E-state index in [1.807, 2.05) is 43.3 Å². The van der Waals surface area contributed by atoms with Crippen molar-refractivity contribution in [1.82, 2.24) is 4.98 Å². The summed E-state index contributed by atoms with van der Waals surface area (Å²) in [6.07, 6.45) is 1.09. The fourth-order valence-corrected chi connectivity index (χ4v) is 2.76. The van der Waals surface area contributed by atoms with Crippen LogP contribution in [-0.2, 0) is 22.4 Å². The van der Waals surface area contributed by atoms with Crippen molar-refractivity contribution in [2.75, 3.05) is 6.61 Å². The second-order valence-corrected chi connectivity index (χ2v) is 5.27. The molecule has 1 aromatic heterocycles. The van der Waals surface area contributed by atoms with Crippen LogP contribution in [0, 0.1) is 0 Å². The van der Waals surface area contributed by atoms with Gasteiger partial charge in [-0.1, -0.05) is 48.5 Å². The number of aromatic nitrogens is 1. The van der Waals surface area contributed by atoms with Crippen LogP contribution < -0.4 is 0 Å². The van der Waals surface area contributed by atoms with E-state index in [1.54, 1.807) is 0 Å². The predicted octanol–water partition coefficient (Wildman–Crippen LogP) is 3.86. The van der Waals surface area contributed by atoms with E-state index in [0.29, 0.717) is 13.0 Å². The van der Waals surface area contributed by atoms with Crippen molar-refractivity contribution in [1.29, 1.82) is 0 Å². The van der Waals surface area contributed by atoms with Crippen LogP contribution in [0.5, 0.6) is 0 Å². The smallest absolute Gasteiger partial charge is 0.310 e. The number of carbonyl (C=O) groups excluding carboxylic acids is 1. The number of para-hydroxylation sites is 1. The third-order valence-electron chi connectivity index (χ3n) is 3.75. The van der Waals surface area contributed by atoms with Crippen molar-refractivity contribution in [2.45, 2.75) is 19.8 Å². The number of benzene rings is 2. The third kappa shape index (κ3) is 3.03. The molecule has 0 aliphatic rings. The zero-order valence-corrected chi connectivity index (χ0v) is 12.6. The molecule has 0 spiro atoms. The van der Waals surface area contributed by atoms with Crippen molar-refractivity contribution in [2.24, 2.45) is 0 Å². The van der Waals surface area contributed by atoms with E-state index in [0.717, 1.165) is 28.6 Å². The number of fused-ring (bicyclic) bond motifs is 1. The Labute approximate surface area is 129 Å². The number of H-pyrrole nitrogens is 1. The summed E-state index contributed by atoms with van der Waals surface area (Å²) >= 11 is 0. The Morgan fingerprint density at radius 2 is 1.77 bits per heavy atom. The van der Waals surface area contributed by atoms with Crippen molar-refractivity contribution >= 4 is 16.9 Å². The molecular formula is C19H19NO2. The summed E-state index contributed by atoms with van der Waals surface area (Å²) in [7, 11) is 0. The molecule has 0 amide bonds. The van der Waals surface area contributed by atoms with E-state index in [2.05, 4.69) is 23.2 Å². The Hall–Kier alpha value is -2.55. The number of esters is 1. The number of ether oxygens (including phenoxy) is 1. The fraction of sp³-hybridized carbons (Fsp3) is 0.211. The van der Waals surface area contributed by atoms with Crippen LogP contribution in [-0.4, -0.2) is 17.6 Å². The average Bonchev–Trinajstić information content (AvgIpc) is 2.86. The Bertz CT molecular complexity index is 774. The molecule has 0 fully saturated rings. The molecule has 3 aromatic rings. The van der Waals surface area contributed by atoms with Crippen molar-refractivity contribution in [3.8, 4) is 0 Å². The third-order valence-corrected chi connectivity index (χ3v) is 3.75. The first-order valence-electron chi connectivity index (χ1n) is 7.56. The molecule has 112 valence electrons. The second-order valence-electron chi connectivity index (χ2n) is 5.27. The second kappa shape index (κ2) is 6.48. The van der Waals surface area contributed by atoms with Crippen molar-refractivity contribution in [3.63, 3.8) is 0 Å². The van der Waals surface area contributed by atoms with Gasteiger partial charge in [-0.3, -0.25) is 4.79 Å². The van der Waals surface area contributed by atoms with Gasteiger partial charge in [0, 0.05) is 23.0 Å². The zero-order chi connectivity index (χ0) is 15.4. The number of nitrogens with one attached hydrogen (secondary N) is 1. The number of aromatic amines is 1. The minimum Gasteiger partial charge on any atom is -0.466 e. The molecule has 0 unspecified atom stereocenters. The van der Waals surface area contributed by atoms with E-state index in [1.165, 1.54) is 5.56 Å². The summed E-state index contributed by atoms with van der Waals surface area (Å²) in [6.45, 7) is 2.24. The summed E-state index contributed by atoms with van der Waals surface area (Å²) in [4.78, 5) is 15.4. The molecule has 0 bridgehead atoms. The highest BCUT2D eigenvalue weighted by Crippen LogP contribution is 2.25. The van der Waals surface area contributed by atoms with E-state index in [-0.39, 0.29) is 5.97 Å². The standard InChI is InChI=1S/C19H19NO2/c1-2-22-19(21)13-16-15-10-6-7-11-17(15)20-18(16)12-14-8-4-3-5-9-14/h3-11,20H,2,12-13H2,1H3. The lowest BCUT2D eigenvalue weighted by Crippen LogP contribution is -2.09. The topological polar surface area (TPSA) is 42.1 Å². The summed E-state index contributed by atoms with van der Waals surface area (Å²) in [6, 6.07) is 18.4. The van der Waals surface area contributed by atoms with Crippen LogP contribution in [0.1, 0.15) is 23.7 Å². The molecule has 0 radical (unpaired) electrons. The minimum absolute atomic E-state index is 0.179. The lowest BCUT2D eigenvalue weighted by Gasteiger charge is -2.05. The van der Waals surface area contributed by atoms with Crippen LogP contribution in [0.3, 0.4) is 0 Å². The normalized spacial score (nSPS) is 10.8. The van der Waals surface area contributed by atoms with Gasteiger partial charge in [0.05, 0.1) is 13.0 Å². The summed E-state index contributed by atoms with van der Waals surface area (Å²) < 4.78 is 5.12. The highest BCUT2D eigenvalue weighted by molar-refractivity contribution is 5.88. The van der Waals surface area contributed by atoms with Crippen LogP contribution in [0.15, 0.2) is 54.6 Å². The molecule has 3 heteroatoms. The van der Waals surface area contributed by atoms with Crippen LogP contribution in [0.4, 0.5) is 0 Å². The molecule has 0 aliphatic carbocycles. The Morgan fingerprint density at radius 3 is 2.55 bits per heavy atom. The Morgan fingerprint density at radius 1 is 1.05 bits per heavy atom. The van der Waals surface area contributed by atoms with Gasteiger partial charge in [-0.15, -0.1) is 0 Å². The predicted molar refractivity (Wildman–Crippen MR) is 87.9 cm³/mol. The summed E-state index contributed by atoms with van der Waals surface area (Å²) in [5.41, 5.74) is 4.41. The van der Waals surface area contributed by atoms with Gasteiger partial charge < -0.3 is 9.72 Å². The molecule has 3 rings (SSSR count). The maximum absolute atomic E-state index is 11.9. The molecule has 0 atom stereocenters. The number of hydrogen-bond donors (Lipinski definition) is 1. The van der Waals surface area contributed by atoms with Gasteiger partial charge in [0.15, 0.2) is 0 Å². The minimum atomic E-state index is -0.179. The lowest BCUT2D eigenvalue weighted by atomic mass is 10.0. The quantitative estimate of drug-likeness (QED) is 0.726. The summed E-state index contributed by atoms with van der Waals surface area (Å²) in [5.74, 6) is -0.179. The van der Waals surface area contributed by atoms with Crippen LogP contribution in [0.25, 0.3) is 10.9 Å². The molecule has 3 nitrogen and oxygen atoms in total. The molecule has 0 saturated carbocycles. The van der Waals surface area contributed by atoms with Gasteiger partial charge in [-0.05, 0) is 24.1 Å². The number of carbonyl (C=O) groups is 1. The first kappa shape index (κ1) is 14.4. The SMILES string of the molecule is CCOC(=O)Cc1c(Cc2ccccc2)[nH]c2ccccc12. The van der Waals surface area contributed by atoms with Gasteiger partial charge in [0.25, 0.3) is 0 Å². The van der Waals surface area contributed by atoms with E-state index in [4.69, 9.17) is 4.74 Å². The number of rotatable bonds is 5. The Kier molecular flexibility index (Phi) is 4.24. The van der Waals surface area contributed by atoms with Gasteiger partial charge >= 0.3 is 5.97 Å². The largest absolute Gasteiger partial charge is 0.466 e. The molecule has 22 heavy (non-hydrogen) atoms. The summed E-state index contributed by atoms with van der Waals surface area (Å²) in [5, 5.41) is 1.10. The number of hydrogen-bond acceptors (Lipinski definition) is 2. The van der Waals surface area contributed by atoms with E-state index < -0.39 is 0 Å².